The molecule has 3 rings (SSSR count). The molecule has 35 heavy (non-hydrogen) atoms. The second-order valence-corrected chi connectivity index (χ2v) is 10.7. The van der Waals surface area contributed by atoms with E-state index in [9.17, 15) is 37.6 Å². The highest BCUT2D eigenvalue weighted by molar-refractivity contribution is 5.94. The van der Waals surface area contributed by atoms with E-state index in [0.29, 0.717) is 25.8 Å². The molecule has 1 saturated carbocycles. The van der Waals surface area contributed by atoms with Gasteiger partial charge in [-0.15, -0.1) is 0 Å². The minimum Gasteiger partial charge on any atom is -0.356 e. The van der Waals surface area contributed by atoms with Gasteiger partial charge in [0.2, 0.25) is 17.7 Å². The van der Waals surface area contributed by atoms with Crippen LogP contribution in [0.2, 0.25) is 0 Å². The number of nitrogens with one attached hydrogen (secondary N) is 3. The first-order valence-corrected chi connectivity index (χ1v) is 11.9. The lowest BCUT2D eigenvalue weighted by Gasteiger charge is -2.38. The van der Waals surface area contributed by atoms with Crippen molar-refractivity contribution in [1.29, 1.82) is 5.26 Å². The van der Waals surface area contributed by atoms with Gasteiger partial charge in [-0.2, -0.15) is 18.4 Å². The lowest BCUT2D eigenvalue weighted by Crippen LogP contribution is -2.61. The van der Waals surface area contributed by atoms with E-state index in [1.54, 1.807) is 20.8 Å². The van der Waals surface area contributed by atoms with Crippen LogP contribution in [0.15, 0.2) is 0 Å². The summed E-state index contributed by atoms with van der Waals surface area (Å²) in [6, 6.07) is -1.76. The standard InChI is InChI=1S/C23H32F3N5O4/c1-22(2,3)17(30-21(35)23(24,25)26)20(34)31-15-6-4-5-12(15)10-16(31)19(33)29-14(11-27)9-13-7-8-28-18(13)32/h12-17H,4-10H2,1-3H3,(H,28,32)(H,29,33)(H,30,35)/t12-,13?,14+,15?,16+,17-/m1/s1. The van der Waals surface area contributed by atoms with Crippen molar-refractivity contribution in [1.82, 2.24) is 20.9 Å². The van der Waals surface area contributed by atoms with Crippen LogP contribution in [0, 0.1) is 28.6 Å². The molecule has 12 heteroatoms. The third kappa shape index (κ3) is 5.87. The molecule has 0 radical (unpaired) electrons. The average molecular weight is 500 g/mol. The summed E-state index contributed by atoms with van der Waals surface area (Å²) in [4.78, 5) is 51.8. The Morgan fingerprint density at radius 2 is 1.86 bits per heavy atom. The summed E-state index contributed by atoms with van der Waals surface area (Å²) in [6.07, 6.45) is -1.95. The van der Waals surface area contributed by atoms with E-state index in [-0.39, 0.29) is 24.3 Å². The first-order chi connectivity index (χ1) is 16.2. The summed E-state index contributed by atoms with van der Waals surface area (Å²) < 4.78 is 38.9. The Labute approximate surface area is 202 Å². The second-order valence-electron chi connectivity index (χ2n) is 10.7. The van der Waals surface area contributed by atoms with Crippen LogP contribution in [0.25, 0.3) is 0 Å². The number of carbonyl (C=O) groups is 4. The number of nitriles is 1. The number of carbonyl (C=O) groups excluding carboxylic acids is 4. The summed E-state index contributed by atoms with van der Waals surface area (Å²) in [5, 5.41) is 16.7. The van der Waals surface area contributed by atoms with Crippen molar-refractivity contribution in [3.63, 3.8) is 0 Å². The van der Waals surface area contributed by atoms with Crippen molar-refractivity contribution in [2.45, 2.75) is 89.6 Å². The monoisotopic (exact) mass is 499 g/mol. The van der Waals surface area contributed by atoms with Gasteiger partial charge in [-0.3, -0.25) is 19.2 Å². The molecule has 9 nitrogen and oxygen atoms in total. The summed E-state index contributed by atoms with van der Waals surface area (Å²) in [5.74, 6) is -4.10. The van der Waals surface area contributed by atoms with Crippen LogP contribution >= 0.6 is 0 Å². The number of halogens is 3. The van der Waals surface area contributed by atoms with Crippen LogP contribution in [0.1, 0.15) is 59.3 Å². The molecule has 2 unspecified atom stereocenters. The van der Waals surface area contributed by atoms with Gasteiger partial charge in [-0.25, -0.2) is 0 Å². The number of hydrogen-bond acceptors (Lipinski definition) is 5. The Morgan fingerprint density at radius 3 is 2.40 bits per heavy atom. The molecule has 3 aliphatic rings. The lowest BCUT2D eigenvalue weighted by molar-refractivity contribution is -0.176. The van der Waals surface area contributed by atoms with Crippen LogP contribution in [0.4, 0.5) is 13.2 Å². The molecule has 2 aliphatic heterocycles. The van der Waals surface area contributed by atoms with Crippen molar-refractivity contribution < 1.29 is 32.3 Å². The maximum atomic E-state index is 13.6. The van der Waals surface area contributed by atoms with Gasteiger partial charge in [0.05, 0.1) is 6.07 Å². The predicted octanol–water partition coefficient (Wildman–Crippen LogP) is 1.38. The van der Waals surface area contributed by atoms with Gasteiger partial charge in [-0.1, -0.05) is 27.2 Å². The Kier molecular flexibility index (Phi) is 7.67. The highest BCUT2D eigenvalue weighted by Gasteiger charge is 2.53. The fourth-order valence-electron chi connectivity index (χ4n) is 5.42. The third-order valence-corrected chi connectivity index (χ3v) is 7.20. The highest BCUT2D eigenvalue weighted by atomic mass is 19.4. The Hall–Kier alpha value is -2.84. The molecule has 2 saturated heterocycles. The van der Waals surface area contributed by atoms with Gasteiger partial charge in [0.1, 0.15) is 18.1 Å². The molecule has 194 valence electrons. The molecule has 0 aromatic carbocycles. The smallest absolute Gasteiger partial charge is 0.356 e. The minimum atomic E-state index is -5.16. The molecule has 0 bridgehead atoms. The van der Waals surface area contributed by atoms with Crippen molar-refractivity contribution in [2.24, 2.45) is 17.3 Å². The van der Waals surface area contributed by atoms with Crippen molar-refractivity contribution >= 4 is 23.6 Å². The van der Waals surface area contributed by atoms with Gasteiger partial charge in [0.25, 0.3) is 0 Å². The van der Waals surface area contributed by atoms with E-state index >= 15 is 0 Å². The average Bonchev–Trinajstić information content (AvgIpc) is 3.45. The fraction of sp³-hybridized carbons (Fsp3) is 0.783. The molecule has 3 N–H and O–H groups in total. The SMILES string of the molecule is CC(C)(C)[C@H](NC(=O)C(F)(F)F)C(=O)N1C2CCC[C@@H]2C[C@H]1C(=O)N[C@H](C#N)CC1CCNC1=O. The topological polar surface area (TPSA) is 131 Å². The van der Waals surface area contributed by atoms with Crippen molar-refractivity contribution in [3.05, 3.63) is 0 Å². The van der Waals surface area contributed by atoms with E-state index in [1.807, 2.05) is 11.4 Å². The highest BCUT2D eigenvalue weighted by Crippen LogP contribution is 2.42. The van der Waals surface area contributed by atoms with E-state index < -0.39 is 53.4 Å². The summed E-state index contributed by atoms with van der Waals surface area (Å²) in [5.41, 5.74) is -1.05. The zero-order valence-corrected chi connectivity index (χ0v) is 20.1. The molecule has 6 atom stereocenters. The number of likely N-dealkylation sites (tertiary alicyclic amines) is 1. The molecule has 0 aromatic heterocycles. The molecule has 2 heterocycles. The Bertz CT molecular complexity index is 910. The first-order valence-electron chi connectivity index (χ1n) is 11.9. The number of alkyl halides is 3. The largest absolute Gasteiger partial charge is 0.471 e. The Balaban J connectivity index is 1.81. The van der Waals surface area contributed by atoms with Gasteiger partial charge in [0.15, 0.2) is 0 Å². The number of hydrogen-bond donors (Lipinski definition) is 3. The minimum absolute atomic E-state index is 0.00906. The quantitative estimate of drug-likeness (QED) is 0.508. The number of rotatable bonds is 6. The van der Waals surface area contributed by atoms with Crippen LogP contribution < -0.4 is 16.0 Å². The third-order valence-electron chi connectivity index (χ3n) is 7.20. The second kappa shape index (κ2) is 10.0. The summed E-state index contributed by atoms with van der Waals surface area (Å²) >= 11 is 0. The molecule has 3 fully saturated rings. The number of amides is 4. The first kappa shape index (κ1) is 26.8. The predicted molar refractivity (Wildman–Crippen MR) is 117 cm³/mol. The van der Waals surface area contributed by atoms with E-state index in [0.717, 1.165) is 12.8 Å². The van der Waals surface area contributed by atoms with Gasteiger partial charge < -0.3 is 20.9 Å². The van der Waals surface area contributed by atoms with Gasteiger partial charge in [-0.05, 0) is 43.4 Å². The van der Waals surface area contributed by atoms with Crippen molar-refractivity contribution in [2.75, 3.05) is 6.54 Å². The van der Waals surface area contributed by atoms with E-state index in [1.165, 1.54) is 4.90 Å². The van der Waals surface area contributed by atoms with Crippen LogP contribution in [0.3, 0.4) is 0 Å². The lowest BCUT2D eigenvalue weighted by atomic mass is 9.85. The maximum Gasteiger partial charge on any atom is 0.471 e. The van der Waals surface area contributed by atoms with Gasteiger partial charge >= 0.3 is 12.1 Å². The van der Waals surface area contributed by atoms with E-state index in [4.69, 9.17) is 0 Å². The van der Waals surface area contributed by atoms with Gasteiger partial charge in [0, 0.05) is 18.5 Å². The maximum absolute atomic E-state index is 13.6. The van der Waals surface area contributed by atoms with E-state index in [2.05, 4.69) is 10.6 Å². The van der Waals surface area contributed by atoms with Crippen LogP contribution in [-0.2, 0) is 19.2 Å². The zero-order valence-electron chi connectivity index (χ0n) is 20.1. The van der Waals surface area contributed by atoms with Crippen LogP contribution in [-0.4, -0.2) is 65.4 Å². The molecular weight excluding hydrogens is 467 g/mol. The number of nitrogens with zero attached hydrogens (tertiary/aromatic N) is 2. The summed E-state index contributed by atoms with van der Waals surface area (Å²) in [7, 11) is 0. The molecule has 0 spiro atoms. The summed E-state index contributed by atoms with van der Waals surface area (Å²) in [6.45, 7) is 5.13. The fourth-order valence-corrected chi connectivity index (χ4v) is 5.42. The molecule has 0 aromatic rings. The molecular formula is C23H32F3N5O4. The number of fused-ring (bicyclic) bond motifs is 1. The van der Waals surface area contributed by atoms with Crippen molar-refractivity contribution in [3.8, 4) is 6.07 Å². The molecule has 4 amide bonds. The Morgan fingerprint density at radius 1 is 1.17 bits per heavy atom. The normalized spacial score (nSPS) is 28.0. The van der Waals surface area contributed by atoms with Crippen LogP contribution in [0.5, 0.6) is 0 Å². The molecule has 1 aliphatic carbocycles. The zero-order chi connectivity index (χ0) is 26.1.